The lowest BCUT2D eigenvalue weighted by Crippen LogP contribution is -2.64. The van der Waals surface area contributed by atoms with Crippen LogP contribution < -0.4 is 5.32 Å². The Morgan fingerprint density at radius 1 is 1.17 bits per heavy atom. The number of rotatable bonds is 2. The number of carbonyl (C=O) groups excluding carboxylic acids is 1. The third-order valence-electron chi connectivity index (χ3n) is 4.44. The molecule has 0 radical (unpaired) electrons. The summed E-state index contributed by atoms with van der Waals surface area (Å²) in [6, 6.07) is 0. The molecule has 1 amide bonds. The van der Waals surface area contributed by atoms with Crippen molar-refractivity contribution in [1.29, 1.82) is 0 Å². The van der Waals surface area contributed by atoms with Gasteiger partial charge in [0.05, 0.1) is 5.54 Å². The minimum Gasteiger partial charge on any atom is -0.480 e. The molecule has 102 valence electrons. The number of hydrogen-bond donors (Lipinski definition) is 2. The first kappa shape index (κ1) is 13.3. The highest BCUT2D eigenvalue weighted by atomic mass is 16.4. The average Bonchev–Trinajstić information content (AvgIpc) is 2.77. The normalized spacial score (nSPS) is 36.7. The quantitative estimate of drug-likeness (QED) is 0.771. The second-order valence-corrected chi connectivity index (χ2v) is 5.86. The van der Waals surface area contributed by atoms with Crippen LogP contribution in [0.1, 0.15) is 46.0 Å². The van der Waals surface area contributed by atoms with Crippen molar-refractivity contribution in [2.75, 3.05) is 13.1 Å². The van der Waals surface area contributed by atoms with Crippen LogP contribution in [-0.4, -0.2) is 46.1 Å². The van der Waals surface area contributed by atoms with Crippen molar-refractivity contribution in [3.8, 4) is 0 Å². The van der Waals surface area contributed by atoms with E-state index in [4.69, 9.17) is 0 Å². The third kappa shape index (κ3) is 2.00. The molecule has 0 aromatic rings. The zero-order valence-electron chi connectivity index (χ0n) is 11.2. The number of amides is 1. The Kier molecular flexibility index (Phi) is 3.36. The van der Waals surface area contributed by atoms with Crippen LogP contribution in [0.4, 0.5) is 0 Å². The lowest BCUT2D eigenvalue weighted by Gasteiger charge is -2.44. The molecule has 2 N–H and O–H groups in total. The molecule has 2 heterocycles. The molecule has 0 spiro atoms. The van der Waals surface area contributed by atoms with Gasteiger partial charge in [-0.2, -0.15) is 0 Å². The number of carboxylic acids is 1. The van der Waals surface area contributed by atoms with Crippen LogP contribution in [0.3, 0.4) is 0 Å². The Morgan fingerprint density at radius 2 is 1.89 bits per heavy atom. The Labute approximate surface area is 108 Å². The fourth-order valence-corrected chi connectivity index (χ4v) is 3.04. The summed E-state index contributed by atoms with van der Waals surface area (Å²) in [4.78, 5) is 25.7. The molecule has 2 aliphatic heterocycles. The van der Waals surface area contributed by atoms with Crippen molar-refractivity contribution in [3.63, 3.8) is 0 Å². The molecule has 2 unspecified atom stereocenters. The van der Waals surface area contributed by atoms with Crippen LogP contribution in [0.15, 0.2) is 0 Å². The molecule has 18 heavy (non-hydrogen) atoms. The maximum Gasteiger partial charge on any atom is 0.329 e. The van der Waals surface area contributed by atoms with Gasteiger partial charge in [-0.15, -0.1) is 0 Å². The number of nitrogens with zero attached hydrogens (tertiary/aromatic N) is 1. The topological polar surface area (TPSA) is 69.6 Å². The lowest BCUT2D eigenvalue weighted by molar-refractivity contribution is -0.163. The second kappa shape index (κ2) is 4.53. The predicted octanol–water partition coefficient (Wildman–Crippen LogP) is 0.984. The Hall–Kier alpha value is -1.10. The molecular formula is C13H22N2O3. The first-order valence-electron chi connectivity index (χ1n) is 6.71. The van der Waals surface area contributed by atoms with Gasteiger partial charge in [-0.1, -0.05) is 0 Å². The van der Waals surface area contributed by atoms with Gasteiger partial charge < -0.3 is 15.3 Å². The fourth-order valence-electron chi connectivity index (χ4n) is 3.04. The second-order valence-electron chi connectivity index (χ2n) is 5.86. The largest absolute Gasteiger partial charge is 0.480 e. The number of hydrogen-bond acceptors (Lipinski definition) is 3. The van der Waals surface area contributed by atoms with E-state index < -0.39 is 17.0 Å². The molecule has 0 aromatic heterocycles. The number of piperidine rings is 1. The SMILES string of the molecule is CC1(C(=O)N2CCCCC2(C)C(=O)O)CCCN1. The van der Waals surface area contributed by atoms with Gasteiger partial charge in [-0.25, -0.2) is 4.79 Å². The maximum absolute atomic E-state index is 12.6. The molecule has 2 aliphatic rings. The van der Waals surface area contributed by atoms with Crippen molar-refractivity contribution >= 4 is 11.9 Å². The van der Waals surface area contributed by atoms with E-state index in [0.717, 1.165) is 32.2 Å². The molecule has 0 aromatic carbocycles. The molecule has 0 aliphatic carbocycles. The number of likely N-dealkylation sites (tertiary alicyclic amines) is 1. The Morgan fingerprint density at radius 3 is 2.44 bits per heavy atom. The van der Waals surface area contributed by atoms with Crippen molar-refractivity contribution < 1.29 is 14.7 Å². The summed E-state index contributed by atoms with van der Waals surface area (Å²) in [5.41, 5.74) is -1.61. The van der Waals surface area contributed by atoms with Crippen molar-refractivity contribution in [3.05, 3.63) is 0 Å². The summed E-state index contributed by atoms with van der Waals surface area (Å²) < 4.78 is 0. The molecule has 2 saturated heterocycles. The minimum absolute atomic E-state index is 0.0513. The highest BCUT2D eigenvalue weighted by Crippen LogP contribution is 2.32. The molecule has 2 fully saturated rings. The molecular weight excluding hydrogens is 232 g/mol. The minimum atomic E-state index is -1.04. The third-order valence-corrected chi connectivity index (χ3v) is 4.44. The summed E-state index contributed by atoms with van der Waals surface area (Å²) >= 11 is 0. The van der Waals surface area contributed by atoms with E-state index in [-0.39, 0.29) is 5.91 Å². The molecule has 0 saturated carbocycles. The van der Waals surface area contributed by atoms with E-state index in [1.54, 1.807) is 11.8 Å². The summed E-state index contributed by atoms with van der Waals surface area (Å²) in [5.74, 6) is -0.943. The van der Waals surface area contributed by atoms with E-state index in [2.05, 4.69) is 5.32 Å². The highest BCUT2D eigenvalue weighted by molar-refractivity contribution is 5.92. The van der Waals surface area contributed by atoms with E-state index >= 15 is 0 Å². The standard InChI is InChI=1S/C13H22N2O3/c1-12(6-5-8-14-12)10(16)15-9-4-3-7-13(15,2)11(17)18/h14H,3-9H2,1-2H3,(H,17,18). The van der Waals surface area contributed by atoms with E-state index in [1.165, 1.54) is 0 Å². The molecule has 5 nitrogen and oxygen atoms in total. The molecule has 2 rings (SSSR count). The fraction of sp³-hybridized carbons (Fsp3) is 0.846. The van der Waals surface area contributed by atoms with Gasteiger partial charge >= 0.3 is 5.97 Å². The maximum atomic E-state index is 12.6. The molecule has 0 bridgehead atoms. The molecule has 5 heteroatoms. The van der Waals surface area contributed by atoms with Crippen LogP contribution in [0.2, 0.25) is 0 Å². The van der Waals surface area contributed by atoms with Crippen molar-refractivity contribution in [1.82, 2.24) is 10.2 Å². The smallest absolute Gasteiger partial charge is 0.329 e. The van der Waals surface area contributed by atoms with Crippen LogP contribution in [0.25, 0.3) is 0 Å². The van der Waals surface area contributed by atoms with Gasteiger partial charge in [0.15, 0.2) is 0 Å². The highest BCUT2D eigenvalue weighted by Gasteiger charge is 2.49. The van der Waals surface area contributed by atoms with Gasteiger partial charge in [0, 0.05) is 6.54 Å². The number of carbonyl (C=O) groups is 2. The zero-order valence-corrected chi connectivity index (χ0v) is 11.2. The summed E-state index contributed by atoms with van der Waals surface area (Å²) in [7, 11) is 0. The average molecular weight is 254 g/mol. The van der Waals surface area contributed by atoms with Crippen molar-refractivity contribution in [2.24, 2.45) is 0 Å². The van der Waals surface area contributed by atoms with Gasteiger partial charge in [0.1, 0.15) is 5.54 Å². The van der Waals surface area contributed by atoms with Gasteiger partial charge in [0.2, 0.25) is 5.91 Å². The van der Waals surface area contributed by atoms with Crippen LogP contribution in [-0.2, 0) is 9.59 Å². The van der Waals surface area contributed by atoms with Gasteiger partial charge in [-0.05, 0) is 52.5 Å². The van der Waals surface area contributed by atoms with Gasteiger partial charge in [0.25, 0.3) is 0 Å². The summed E-state index contributed by atoms with van der Waals surface area (Å²) in [5, 5.41) is 12.7. The monoisotopic (exact) mass is 254 g/mol. The first-order valence-corrected chi connectivity index (χ1v) is 6.71. The Bertz CT molecular complexity index is 363. The van der Waals surface area contributed by atoms with E-state index in [1.807, 2.05) is 6.92 Å². The predicted molar refractivity (Wildman–Crippen MR) is 67.2 cm³/mol. The number of carboxylic acid groups (broad SMARTS) is 1. The van der Waals surface area contributed by atoms with Crippen LogP contribution in [0, 0.1) is 0 Å². The van der Waals surface area contributed by atoms with Crippen LogP contribution >= 0.6 is 0 Å². The first-order chi connectivity index (χ1) is 8.40. The van der Waals surface area contributed by atoms with Gasteiger partial charge in [-0.3, -0.25) is 4.79 Å². The lowest BCUT2D eigenvalue weighted by atomic mass is 9.85. The summed E-state index contributed by atoms with van der Waals surface area (Å²) in [6.07, 6.45) is 4.07. The number of nitrogens with one attached hydrogen (secondary N) is 1. The zero-order chi connectivity index (χ0) is 13.4. The summed E-state index contributed by atoms with van der Waals surface area (Å²) in [6.45, 7) is 4.95. The van der Waals surface area contributed by atoms with Crippen LogP contribution in [0.5, 0.6) is 0 Å². The number of aliphatic carboxylic acids is 1. The molecule has 2 atom stereocenters. The van der Waals surface area contributed by atoms with Crippen molar-refractivity contribution in [2.45, 2.75) is 57.0 Å². The Balaban J connectivity index is 2.24. The van der Waals surface area contributed by atoms with E-state index in [0.29, 0.717) is 13.0 Å². The van der Waals surface area contributed by atoms with E-state index in [9.17, 15) is 14.7 Å².